The summed E-state index contributed by atoms with van der Waals surface area (Å²) in [6.45, 7) is 12.2. The van der Waals surface area contributed by atoms with E-state index in [1.54, 1.807) is 0 Å². The Hall–Kier alpha value is -1.65. The molecule has 1 aliphatic heterocycles. The fraction of sp³-hybridized carbons (Fsp3) is 0.500. The maximum atomic E-state index is 4.28. The van der Waals surface area contributed by atoms with Crippen LogP contribution in [0.4, 0.5) is 0 Å². The van der Waals surface area contributed by atoms with Crippen molar-refractivity contribution in [3.8, 4) is 0 Å². The third-order valence-electron chi connectivity index (χ3n) is 4.70. The Bertz CT molecular complexity index is 597. The zero-order chi connectivity index (χ0) is 15.4. The normalized spacial score (nSPS) is 17.0. The van der Waals surface area contributed by atoms with Crippen LogP contribution in [0.25, 0.3) is 0 Å². The standard InChI is InChI=1S/C18H26N4/c1-16-5-3-4-6-18(16)15-21-11-9-20(10-12-21)13-14-22-8-7-19-17(22)2/h3-8H,9-15H2,1-2H3. The highest BCUT2D eigenvalue weighted by atomic mass is 15.3. The van der Waals surface area contributed by atoms with Gasteiger partial charge >= 0.3 is 0 Å². The summed E-state index contributed by atoms with van der Waals surface area (Å²) >= 11 is 0. The van der Waals surface area contributed by atoms with Crippen LogP contribution in [-0.2, 0) is 13.1 Å². The first-order valence-electron chi connectivity index (χ1n) is 8.19. The van der Waals surface area contributed by atoms with Crippen molar-refractivity contribution in [1.82, 2.24) is 19.4 Å². The van der Waals surface area contributed by atoms with Gasteiger partial charge in [-0.2, -0.15) is 0 Å². The van der Waals surface area contributed by atoms with E-state index in [9.17, 15) is 0 Å². The van der Waals surface area contributed by atoms with Gasteiger partial charge in [0, 0.05) is 58.2 Å². The molecule has 2 aromatic rings. The van der Waals surface area contributed by atoms with Gasteiger partial charge < -0.3 is 4.57 Å². The number of nitrogens with zero attached hydrogens (tertiary/aromatic N) is 4. The van der Waals surface area contributed by atoms with Crippen LogP contribution < -0.4 is 0 Å². The molecule has 0 atom stereocenters. The molecule has 1 aliphatic rings. The number of aryl methyl sites for hydroxylation is 2. The van der Waals surface area contributed by atoms with Crippen LogP contribution in [0.1, 0.15) is 17.0 Å². The second kappa shape index (κ2) is 7.07. The minimum absolute atomic E-state index is 1.05. The molecular weight excluding hydrogens is 272 g/mol. The summed E-state index contributed by atoms with van der Waals surface area (Å²) in [6, 6.07) is 8.73. The molecule has 0 bridgehead atoms. The van der Waals surface area contributed by atoms with Gasteiger partial charge in [-0.3, -0.25) is 9.80 Å². The maximum absolute atomic E-state index is 4.28. The Labute approximate surface area is 133 Å². The molecule has 1 aromatic heterocycles. The van der Waals surface area contributed by atoms with Gasteiger partial charge in [-0.25, -0.2) is 4.98 Å². The smallest absolute Gasteiger partial charge is 0.105 e. The van der Waals surface area contributed by atoms with Gasteiger partial charge in [-0.1, -0.05) is 24.3 Å². The first-order valence-corrected chi connectivity index (χ1v) is 8.19. The number of piperazine rings is 1. The molecule has 118 valence electrons. The summed E-state index contributed by atoms with van der Waals surface area (Å²) in [5.41, 5.74) is 2.87. The Kier molecular flexibility index (Phi) is 4.90. The Morgan fingerprint density at radius 2 is 1.68 bits per heavy atom. The van der Waals surface area contributed by atoms with Crippen molar-refractivity contribution >= 4 is 0 Å². The molecular formula is C18H26N4. The molecule has 0 unspecified atom stereocenters. The molecule has 0 spiro atoms. The molecule has 0 saturated carbocycles. The van der Waals surface area contributed by atoms with Crippen LogP contribution in [0, 0.1) is 13.8 Å². The highest BCUT2D eigenvalue weighted by Gasteiger charge is 2.17. The van der Waals surface area contributed by atoms with E-state index in [1.165, 1.54) is 24.2 Å². The Balaban J connectivity index is 1.44. The SMILES string of the molecule is Cc1ccccc1CN1CCN(CCn2ccnc2C)CC1. The Morgan fingerprint density at radius 3 is 2.36 bits per heavy atom. The zero-order valence-corrected chi connectivity index (χ0v) is 13.7. The van der Waals surface area contributed by atoms with E-state index in [1.807, 2.05) is 6.20 Å². The monoisotopic (exact) mass is 298 g/mol. The van der Waals surface area contributed by atoms with E-state index in [0.29, 0.717) is 0 Å². The maximum Gasteiger partial charge on any atom is 0.105 e. The van der Waals surface area contributed by atoms with Crippen LogP contribution in [0.5, 0.6) is 0 Å². The van der Waals surface area contributed by atoms with Crippen molar-refractivity contribution in [1.29, 1.82) is 0 Å². The van der Waals surface area contributed by atoms with Crippen molar-refractivity contribution in [2.45, 2.75) is 26.9 Å². The third kappa shape index (κ3) is 3.76. The number of hydrogen-bond acceptors (Lipinski definition) is 3. The van der Waals surface area contributed by atoms with E-state index < -0.39 is 0 Å². The molecule has 2 heterocycles. The number of benzene rings is 1. The molecule has 1 aromatic carbocycles. The fourth-order valence-corrected chi connectivity index (χ4v) is 3.09. The predicted octanol–water partition coefficient (Wildman–Crippen LogP) is 2.32. The molecule has 4 nitrogen and oxygen atoms in total. The molecule has 22 heavy (non-hydrogen) atoms. The van der Waals surface area contributed by atoms with E-state index in [4.69, 9.17) is 0 Å². The van der Waals surface area contributed by atoms with E-state index in [-0.39, 0.29) is 0 Å². The second-order valence-corrected chi connectivity index (χ2v) is 6.21. The van der Waals surface area contributed by atoms with Crippen molar-refractivity contribution in [2.75, 3.05) is 32.7 Å². The lowest BCUT2D eigenvalue weighted by Crippen LogP contribution is -2.46. The van der Waals surface area contributed by atoms with Crippen LogP contribution in [0.3, 0.4) is 0 Å². The lowest BCUT2D eigenvalue weighted by molar-refractivity contribution is 0.124. The topological polar surface area (TPSA) is 24.3 Å². The van der Waals surface area contributed by atoms with E-state index in [0.717, 1.165) is 38.5 Å². The van der Waals surface area contributed by atoms with Crippen LogP contribution in [-0.4, -0.2) is 52.1 Å². The van der Waals surface area contributed by atoms with Gasteiger partial charge in [-0.05, 0) is 25.0 Å². The summed E-state index contributed by atoms with van der Waals surface area (Å²) in [4.78, 5) is 9.42. The van der Waals surface area contributed by atoms with Gasteiger partial charge in [0.15, 0.2) is 0 Å². The minimum atomic E-state index is 1.05. The van der Waals surface area contributed by atoms with Crippen LogP contribution in [0.2, 0.25) is 0 Å². The number of imidazole rings is 1. The zero-order valence-electron chi connectivity index (χ0n) is 13.7. The van der Waals surface area contributed by atoms with Gasteiger partial charge in [-0.15, -0.1) is 0 Å². The molecule has 1 saturated heterocycles. The summed E-state index contributed by atoms with van der Waals surface area (Å²) in [7, 11) is 0. The van der Waals surface area contributed by atoms with Gasteiger partial charge in [0.25, 0.3) is 0 Å². The third-order valence-corrected chi connectivity index (χ3v) is 4.70. The Morgan fingerprint density at radius 1 is 0.955 bits per heavy atom. The summed E-state index contributed by atoms with van der Waals surface area (Å²) < 4.78 is 2.24. The van der Waals surface area contributed by atoms with Crippen molar-refractivity contribution in [3.63, 3.8) is 0 Å². The summed E-state index contributed by atoms with van der Waals surface area (Å²) in [6.07, 6.45) is 3.96. The van der Waals surface area contributed by atoms with E-state index in [2.05, 4.69) is 63.7 Å². The molecule has 3 rings (SSSR count). The molecule has 0 aliphatic carbocycles. The first kappa shape index (κ1) is 15.3. The van der Waals surface area contributed by atoms with Gasteiger partial charge in [0.1, 0.15) is 5.82 Å². The number of rotatable bonds is 5. The largest absolute Gasteiger partial charge is 0.334 e. The van der Waals surface area contributed by atoms with E-state index >= 15 is 0 Å². The van der Waals surface area contributed by atoms with Crippen LogP contribution in [0.15, 0.2) is 36.7 Å². The minimum Gasteiger partial charge on any atom is -0.334 e. The molecule has 0 N–H and O–H groups in total. The fourth-order valence-electron chi connectivity index (χ4n) is 3.09. The molecule has 1 fully saturated rings. The predicted molar refractivity (Wildman–Crippen MR) is 89.9 cm³/mol. The quantitative estimate of drug-likeness (QED) is 0.846. The van der Waals surface area contributed by atoms with Gasteiger partial charge in [0.2, 0.25) is 0 Å². The highest BCUT2D eigenvalue weighted by molar-refractivity contribution is 5.25. The second-order valence-electron chi connectivity index (χ2n) is 6.21. The average molecular weight is 298 g/mol. The number of hydrogen-bond donors (Lipinski definition) is 0. The number of aromatic nitrogens is 2. The lowest BCUT2D eigenvalue weighted by Gasteiger charge is -2.35. The van der Waals surface area contributed by atoms with Crippen molar-refractivity contribution < 1.29 is 0 Å². The van der Waals surface area contributed by atoms with Gasteiger partial charge in [0.05, 0.1) is 0 Å². The molecule has 0 radical (unpaired) electrons. The lowest BCUT2D eigenvalue weighted by atomic mass is 10.1. The first-order chi connectivity index (χ1) is 10.7. The van der Waals surface area contributed by atoms with Crippen molar-refractivity contribution in [3.05, 3.63) is 53.6 Å². The molecule has 4 heteroatoms. The summed E-state index contributed by atoms with van der Waals surface area (Å²) in [5, 5.41) is 0. The summed E-state index contributed by atoms with van der Waals surface area (Å²) in [5.74, 6) is 1.11. The molecule has 0 amide bonds. The average Bonchev–Trinajstić information content (AvgIpc) is 2.94. The highest BCUT2D eigenvalue weighted by Crippen LogP contribution is 2.12. The van der Waals surface area contributed by atoms with Crippen molar-refractivity contribution in [2.24, 2.45) is 0 Å². The van der Waals surface area contributed by atoms with Crippen LogP contribution >= 0.6 is 0 Å².